The number of aromatic nitrogens is 2. The molecule has 5 N–H and O–H groups in total. The maximum Gasteiger partial charge on any atom is 0.328 e. The number of carbonyl (C=O) groups is 2. The number of halogens is 1. The minimum atomic E-state index is -1.26. The summed E-state index contributed by atoms with van der Waals surface area (Å²) < 4.78 is 0. The standard InChI is InChI=1S/C6H9ClN4.C4H4O4/c7-5-1-2-6(11-10-5)9-4-3-8;5-3(6)1-2-4(7)8/h1-2H,3-4,8H2,(H,9,11);1-2H,(H,5,6)(H,7,8). The highest BCUT2D eigenvalue weighted by atomic mass is 35.5. The molecule has 0 aliphatic heterocycles. The van der Waals surface area contributed by atoms with Gasteiger partial charge in [0.1, 0.15) is 5.82 Å². The quantitative estimate of drug-likeness (QED) is 0.564. The first-order chi connectivity index (χ1) is 8.95. The van der Waals surface area contributed by atoms with Crippen LogP contribution in [0.15, 0.2) is 24.3 Å². The molecule has 0 aliphatic rings. The lowest BCUT2D eigenvalue weighted by Gasteiger charge is -2.00. The van der Waals surface area contributed by atoms with Crippen molar-refractivity contribution in [2.75, 3.05) is 18.4 Å². The first-order valence-corrected chi connectivity index (χ1v) is 5.40. The molecule has 104 valence electrons. The molecule has 19 heavy (non-hydrogen) atoms. The van der Waals surface area contributed by atoms with Crippen molar-refractivity contribution < 1.29 is 19.8 Å². The number of nitrogens with two attached hydrogens (primary N) is 1. The van der Waals surface area contributed by atoms with Gasteiger partial charge in [-0.3, -0.25) is 0 Å². The molecular formula is C10H13ClN4O4. The van der Waals surface area contributed by atoms with Crippen molar-refractivity contribution in [3.8, 4) is 0 Å². The average Bonchev–Trinajstić information content (AvgIpc) is 2.36. The summed E-state index contributed by atoms with van der Waals surface area (Å²) in [6.45, 7) is 1.26. The molecule has 0 amide bonds. The first-order valence-electron chi connectivity index (χ1n) is 5.02. The number of carboxylic acid groups (broad SMARTS) is 2. The molecule has 1 rings (SSSR count). The van der Waals surface area contributed by atoms with Crippen LogP contribution in [0.4, 0.5) is 5.82 Å². The smallest absolute Gasteiger partial charge is 0.328 e. The van der Waals surface area contributed by atoms with Gasteiger partial charge in [0, 0.05) is 25.2 Å². The second-order valence-electron chi connectivity index (χ2n) is 2.97. The molecule has 8 nitrogen and oxygen atoms in total. The maximum absolute atomic E-state index is 9.55. The van der Waals surface area contributed by atoms with Crippen molar-refractivity contribution >= 4 is 29.4 Å². The molecule has 0 aliphatic carbocycles. The lowest BCUT2D eigenvalue weighted by molar-refractivity contribution is -0.134. The fraction of sp³-hybridized carbons (Fsp3) is 0.200. The van der Waals surface area contributed by atoms with Crippen LogP contribution in [-0.4, -0.2) is 45.4 Å². The lowest BCUT2D eigenvalue weighted by Crippen LogP contribution is -2.13. The predicted octanol–water partition coefficient (Wildman–Crippen LogP) is 0.212. The van der Waals surface area contributed by atoms with E-state index < -0.39 is 11.9 Å². The Morgan fingerprint density at radius 3 is 2.21 bits per heavy atom. The minimum absolute atomic E-state index is 0.392. The summed E-state index contributed by atoms with van der Waals surface area (Å²) in [5.41, 5.74) is 5.27. The monoisotopic (exact) mass is 288 g/mol. The van der Waals surface area contributed by atoms with Crippen molar-refractivity contribution in [3.63, 3.8) is 0 Å². The normalized spacial score (nSPS) is 9.58. The molecule has 0 fully saturated rings. The van der Waals surface area contributed by atoms with Gasteiger partial charge in [-0.15, -0.1) is 10.2 Å². The zero-order valence-corrected chi connectivity index (χ0v) is 10.5. The second-order valence-corrected chi connectivity index (χ2v) is 3.35. The highest BCUT2D eigenvalue weighted by Gasteiger charge is 1.92. The minimum Gasteiger partial charge on any atom is -0.478 e. The summed E-state index contributed by atoms with van der Waals surface area (Å²) in [6.07, 6.45) is 1.12. The zero-order chi connectivity index (χ0) is 14.7. The van der Waals surface area contributed by atoms with Gasteiger partial charge in [0.2, 0.25) is 0 Å². The summed E-state index contributed by atoms with van der Waals surface area (Å²) in [7, 11) is 0. The van der Waals surface area contributed by atoms with Crippen LogP contribution in [0.25, 0.3) is 0 Å². The van der Waals surface area contributed by atoms with Crippen LogP contribution < -0.4 is 11.1 Å². The molecule has 0 spiro atoms. The van der Waals surface area contributed by atoms with E-state index in [1.54, 1.807) is 12.1 Å². The van der Waals surface area contributed by atoms with E-state index in [4.69, 9.17) is 27.5 Å². The molecule has 0 unspecified atom stereocenters. The highest BCUT2D eigenvalue weighted by molar-refractivity contribution is 6.29. The molecular weight excluding hydrogens is 276 g/mol. The van der Waals surface area contributed by atoms with Crippen molar-refractivity contribution in [2.45, 2.75) is 0 Å². The molecule has 0 atom stereocenters. The third kappa shape index (κ3) is 10.7. The van der Waals surface area contributed by atoms with E-state index in [-0.39, 0.29) is 0 Å². The number of hydrogen-bond acceptors (Lipinski definition) is 6. The second kappa shape index (κ2) is 9.80. The van der Waals surface area contributed by atoms with Crippen LogP contribution in [0.2, 0.25) is 5.15 Å². The van der Waals surface area contributed by atoms with Gasteiger partial charge in [0.15, 0.2) is 5.15 Å². The first kappa shape index (κ1) is 16.8. The lowest BCUT2D eigenvalue weighted by atomic mass is 10.5. The molecule has 0 saturated carbocycles. The molecule has 0 saturated heterocycles. The zero-order valence-electron chi connectivity index (χ0n) is 9.78. The maximum atomic E-state index is 9.55. The van der Waals surface area contributed by atoms with E-state index >= 15 is 0 Å². The number of aliphatic carboxylic acids is 2. The Labute approximate surface area is 113 Å². The average molecular weight is 289 g/mol. The topological polar surface area (TPSA) is 138 Å². The van der Waals surface area contributed by atoms with E-state index in [2.05, 4.69) is 15.5 Å². The number of carboxylic acids is 2. The number of nitrogens with zero attached hydrogens (tertiary/aromatic N) is 2. The molecule has 0 aromatic carbocycles. The van der Waals surface area contributed by atoms with E-state index in [1.807, 2.05) is 0 Å². The Balaban J connectivity index is 0.000000362. The van der Waals surface area contributed by atoms with Crippen LogP contribution in [0.3, 0.4) is 0 Å². The van der Waals surface area contributed by atoms with Gasteiger partial charge in [-0.25, -0.2) is 9.59 Å². The predicted molar refractivity (Wildman–Crippen MR) is 69.0 cm³/mol. The summed E-state index contributed by atoms with van der Waals surface area (Å²) in [6, 6.07) is 3.43. The van der Waals surface area contributed by atoms with Gasteiger partial charge < -0.3 is 21.3 Å². The fourth-order valence-electron chi connectivity index (χ4n) is 0.753. The molecule has 0 radical (unpaired) electrons. The van der Waals surface area contributed by atoms with E-state index in [9.17, 15) is 9.59 Å². The van der Waals surface area contributed by atoms with Crippen molar-refractivity contribution in [2.24, 2.45) is 5.73 Å². The molecule has 9 heteroatoms. The molecule has 1 aromatic heterocycles. The number of rotatable bonds is 5. The van der Waals surface area contributed by atoms with Crippen molar-refractivity contribution in [1.29, 1.82) is 0 Å². The fourth-order valence-corrected chi connectivity index (χ4v) is 0.854. The highest BCUT2D eigenvalue weighted by Crippen LogP contribution is 2.04. The van der Waals surface area contributed by atoms with E-state index in [1.165, 1.54) is 0 Å². The van der Waals surface area contributed by atoms with Gasteiger partial charge in [0.05, 0.1) is 0 Å². The Morgan fingerprint density at radius 2 is 1.84 bits per heavy atom. The number of nitrogens with one attached hydrogen (secondary N) is 1. The van der Waals surface area contributed by atoms with Gasteiger partial charge >= 0.3 is 11.9 Å². The van der Waals surface area contributed by atoms with Gasteiger partial charge in [0.25, 0.3) is 0 Å². The third-order valence-electron chi connectivity index (χ3n) is 1.45. The Morgan fingerprint density at radius 1 is 1.26 bits per heavy atom. The van der Waals surface area contributed by atoms with E-state index in [0.29, 0.717) is 36.2 Å². The van der Waals surface area contributed by atoms with Crippen LogP contribution in [-0.2, 0) is 9.59 Å². The van der Waals surface area contributed by atoms with E-state index in [0.717, 1.165) is 0 Å². The van der Waals surface area contributed by atoms with Crippen LogP contribution >= 0.6 is 11.6 Å². The van der Waals surface area contributed by atoms with Crippen LogP contribution in [0.1, 0.15) is 0 Å². The number of anilines is 1. The number of hydrogen-bond donors (Lipinski definition) is 4. The SMILES string of the molecule is NCCNc1ccc(Cl)nn1.O=C(O)C=CC(=O)O. The van der Waals surface area contributed by atoms with Gasteiger partial charge in [-0.1, -0.05) is 11.6 Å². The Kier molecular flexibility index (Phi) is 8.67. The molecule has 1 aromatic rings. The van der Waals surface area contributed by atoms with Gasteiger partial charge in [-0.05, 0) is 12.1 Å². The summed E-state index contributed by atoms with van der Waals surface area (Å²) in [5.74, 6) is -1.82. The summed E-state index contributed by atoms with van der Waals surface area (Å²) in [4.78, 5) is 19.1. The largest absolute Gasteiger partial charge is 0.478 e. The van der Waals surface area contributed by atoms with Crippen LogP contribution in [0.5, 0.6) is 0 Å². The van der Waals surface area contributed by atoms with Crippen LogP contribution in [0, 0.1) is 0 Å². The third-order valence-corrected chi connectivity index (χ3v) is 1.65. The van der Waals surface area contributed by atoms with Gasteiger partial charge in [-0.2, -0.15) is 0 Å². The Hall–Kier alpha value is -2.19. The Bertz CT molecular complexity index is 420. The van der Waals surface area contributed by atoms with Crippen molar-refractivity contribution in [1.82, 2.24) is 10.2 Å². The molecule has 1 heterocycles. The summed E-state index contributed by atoms with van der Waals surface area (Å²) >= 11 is 5.52. The summed E-state index contributed by atoms with van der Waals surface area (Å²) in [5, 5.41) is 26.4. The van der Waals surface area contributed by atoms with Crippen molar-refractivity contribution in [3.05, 3.63) is 29.4 Å². The molecule has 0 bridgehead atoms.